The van der Waals surface area contributed by atoms with Gasteiger partial charge in [-0.05, 0) is 89.8 Å². The fourth-order valence-corrected chi connectivity index (χ4v) is 5.19. The van der Waals surface area contributed by atoms with Gasteiger partial charge in [0.1, 0.15) is 11.5 Å². The van der Waals surface area contributed by atoms with E-state index in [0.717, 1.165) is 15.4 Å². The number of anilines is 1. The number of nitrogens with zero attached hydrogens (tertiary/aromatic N) is 1. The van der Waals surface area contributed by atoms with Gasteiger partial charge in [0.15, 0.2) is 6.61 Å². The number of halogens is 1. The Morgan fingerprint density at radius 3 is 2.18 bits per heavy atom. The number of hydrogen-bond acceptors (Lipinski definition) is 5. The standard InChI is InChI=1S/C26H28BrNO5S/c1-5-32-22-11-9-21(10-12-22)28(34(30,31)23-13-6-19(4)7-14-23)26(29)17-33-25-15-8-20(18(2)3)16-24(25)27/h6-16,18H,5,17H2,1-4H3. The predicted octanol–water partition coefficient (Wildman–Crippen LogP) is 6.08. The number of carbonyl (C=O) groups is 1. The van der Waals surface area contributed by atoms with Crippen LogP contribution in [0.15, 0.2) is 76.1 Å². The van der Waals surface area contributed by atoms with Gasteiger partial charge in [-0.15, -0.1) is 0 Å². The molecule has 0 saturated heterocycles. The van der Waals surface area contributed by atoms with Crippen LogP contribution in [0.1, 0.15) is 37.8 Å². The van der Waals surface area contributed by atoms with Crippen molar-refractivity contribution in [3.63, 3.8) is 0 Å². The van der Waals surface area contributed by atoms with Gasteiger partial charge in [-0.25, -0.2) is 8.42 Å². The van der Waals surface area contributed by atoms with E-state index < -0.39 is 22.5 Å². The minimum absolute atomic E-state index is 0.0165. The molecule has 3 aromatic carbocycles. The summed E-state index contributed by atoms with van der Waals surface area (Å²) in [4.78, 5) is 13.3. The van der Waals surface area contributed by atoms with Gasteiger partial charge in [0, 0.05) is 0 Å². The summed E-state index contributed by atoms with van der Waals surface area (Å²) in [5.74, 6) is 0.653. The second-order valence-corrected chi connectivity index (χ2v) is 10.7. The second kappa shape index (κ2) is 11.1. The maximum absolute atomic E-state index is 13.5. The Kier molecular flexibility index (Phi) is 8.38. The van der Waals surface area contributed by atoms with Crippen LogP contribution in [0.5, 0.6) is 11.5 Å². The molecular weight excluding hydrogens is 518 g/mol. The van der Waals surface area contributed by atoms with Crippen LogP contribution in [0.2, 0.25) is 0 Å². The summed E-state index contributed by atoms with van der Waals surface area (Å²) in [5.41, 5.74) is 2.23. The van der Waals surface area contributed by atoms with E-state index in [1.54, 1.807) is 42.5 Å². The molecule has 0 fully saturated rings. The first kappa shape index (κ1) is 25.8. The quantitative estimate of drug-likeness (QED) is 0.325. The maximum Gasteiger partial charge on any atom is 0.278 e. The number of carbonyl (C=O) groups excluding carboxylic acids is 1. The highest BCUT2D eigenvalue weighted by molar-refractivity contribution is 9.10. The topological polar surface area (TPSA) is 72.9 Å². The van der Waals surface area contributed by atoms with E-state index in [9.17, 15) is 13.2 Å². The molecule has 3 aromatic rings. The van der Waals surface area contributed by atoms with Gasteiger partial charge < -0.3 is 9.47 Å². The molecule has 0 aliphatic heterocycles. The molecule has 0 saturated carbocycles. The van der Waals surface area contributed by atoms with Crippen LogP contribution in [0.25, 0.3) is 0 Å². The molecule has 8 heteroatoms. The van der Waals surface area contributed by atoms with Crippen molar-refractivity contribution in [1.29, 1.82) is 0 Å². The molecule has 0 aliphatic rings. The van der Waals surface area contributed by atoms with Crippen LogP contribution < -0.4 is 13.8 Å². The minimum atomic E-state index is -4.18. The maximum atomic E-state index is 13.5. The lowest BCUT2D eigenvalue weighted by molar-refractivity contribution is -0.119. The number of hydrogen-bond donors (Lipinski definition) is 0. The Balaban J connectivity index is 1.93. The fourth-order valence-electron chi connectivity index (χ4n) is 3.27. The van der Waals surface area contributed by atoms with Crippen molar-refractivity contribution >= 4 is 37.5 Å². The molecule has 180 valence electrons. The molecule has 0 spiro atoms. The Morgan fingerprint density at radius 2 is 1.62 bits per heavy atom. The molecule has 3 rings (SSSR count). The van der Waals surface area contributed by atoms with Crippen LogP contribution in [-0.2, 0) is 14.8 Å². The van der Waals surface area contributed by atoms with Crippen molar-refractivity contribution in [2.75, 3.05) is 17.5 Å². The molecule has 0 aromatic heterocycles. The molecule has 0 atom stereocenters. The summed E-state index contributed by atoms with van der Waals surface area (Å²) >= 11 is 3.47. The third-order valence-corrected chi connectivity index (χ3v) is 7.52. The summed E-state index contributed by atoms with van der Waals surface area (Å²) in [6.45, 7) is 7.89. The number of benzene rings is 3. The summed E-state index contributed by atoms with van der Waals surface area (Å²) in [6, 6.07) is 18.3. The average Bonchev–Trinajstić information content (AvgIpc) is 2.79. The molecule has 0 N–H and O–H groups in total. The molecule has 34 heavy (non-hydrogen) atoms. The van der Waals surface area contributed by atoms with Gasteiger partial charge in [-0.1, -0.05) is 37.6 Å². The van der Waals surface area contributed by atoms with Crippen molar-refractivity contribution in [2.45, 2.75) is 38.5 Å². The first-order valence-corrected chi connectivity index (χ1v) is 13.2. The molecule has 1 amide bonds. The lowest BCUT2D eigenvalue weighted by Gasteiger charge is -2.23. The highest BCUT2D eigenvalue weighted by Crippen LogP contribution is 2.30. The summed E-state index contributed by atoms with van der Waals surface area (Å²) in [7, 11) is -4.18. The van der Waals surface area contributed by atoms with Crippen LogP contribution >= 0.6 is 15.9 Å². The van der Waals surface area contributed by atoms with Crippen LogP contribution in [-0.4, -0.2) is 27.5 Å². The zero-order valence-electron chi connectivity index (χ0n) is 19.6. The third kappa shape index (κ3) is 5.98. The fraction of sp³-hybridized carbons (Fsp3) is 0.269. The summed E-state index contributed by atoms with van der Waals surface area (Å²) < 4.78 is 39.7. The zero-order chi connectivity index (χ0) is 24.9. The van der Waals surface area contributed by atoms with E-state index in [1.165, 1.54) is 12.1 Å². The van der Waals surface area contributed by atoms with Gasteiger partial charge in [0.2, 0.25) is 0 Å². The van der Waals surface area contributed by atoms with E-state index in [-0.39, 0.29) is 10.6 Å². The predicted molar refractivity (Wildman–Crippen MR) is 137 cm³/mol. The van der Waals surface area contributed by atoms with Crippen molar-refractivity contribution in [3.05, 3.63) is 82.3 Å². The Morgan fingerprint density at radius 1 is 0.971 bits per heavy atom. The number of rotatable bonds is 9. The van der Waals surface area contributed by atoms with Gasteiger partial charge >= 0.3 is 0 Å². The lowest BCUT2D eigenvalue weighted by Crippen LogP contribution is -2.40. The van der Waals surface area contributed by atoms with E-state index >= 15 is 0 Å². The smallest absolute Gasteiger partial charge is 0.278 e. The lowest BCUT2D eigenvalue weighted by atomic mass is 10.0. The number of aryl methyl sites for hydroxylation is 1. The van der Waals surface area contributed by atoms with E-state index in [2.05, 4.69) is 29.8 Å². The van der Waals surface area contributed by atoms with Crippen molar-refractivity contribution in [1.82, 2.24) is 0 Å². The zero-order valence-corrected chi connectivity index (χ0v) is 22.0. The molecule has 6 nitrogen and oxygen atoms in total. The van der Waals surface area contributed by atoms with Gasteiger partial charge in [-0.3, -0.25) is 4.79 Å². The normalized spacial score (nSPS) is 11.4. The largest absolute Gasteiger partial charge is 0.494 e. The number of amides is 1. The van der Waals surface area contributed by atoms with Crippen LogP contribution in [0, 0.1) is 6.92 Å². The van der Waals surface area contributed by atoms with Gasteiger partial charge in [0.25, 0.3) is 15.9 Å². The highest BCUT2D eigenvalue weighted by atomic mass is 79.9. The second-order valence-electron chi connectivity index (χ2n) is 8.04. The SMILES string of the molecule is CCOc1ccc(N(C(=O)COc2ccc(C(C)C)cc2Br)S(=O)(=O)c2ccc(C)cc2)cc1. The van der Waals surface area contributed by atoms with Crippen molar-refractivity contribution in [3.8, 4) is 11.5 Å². The van der Waals surface area contributed by atoms with E-state index in [0.29, 0.717) is 28.5 Å². The Bertz CT molecular complexity index is 1240. The van der Waals surface area contributed by atoms with E-state index in [1.807, 2.05) is 26.0 Å². The van der Waals surface area contributed by atoms with Crippen LogP contribution in [0.3, 0.4) is 0 Å². The first-order chi connectivity index (χ1) is 16.1. The number of ether oxygens (including phenoxy) is 2. The summed E-state index contributed by atoms with van der Waals surface area (Å²) in [5, 5.41) is 0. The summed E-state index contributed by atoms with van der Waals surface area (Å²) in [6.07, 6.45) is 0. The minimum Gasteiger partial charge on any atom is -0.494 e. The van der Waals surface area contributed by atoms with Gasteiger partial charge in [-0.2, -0.15) is 4.31 Å². The Hall–Kier alpha value is -2.84. The molecule has 0 radical (unpaired) electrons. The van der Waals surface area contributed by atoms with Crippen LogP contribution in [0.4, 0.5) is 5.69 Å². The molecule has 0 unspecified atom stereocenters. The van der Waals surface area contributed by atoms with Gasteiger partial charge in [0.05, 0.1) is 21.7 Å². The molecule has 0 heterocycles. The third-order valence-electron chi connectivity index (χ3n) is 5.14. The van der Waals surface area contributed by atoms with Crippen molar-refractivity contribution in [2.24, 2.45) is 0 Å². The Labute approximate surface area is 209 Å². The van der Waals surface area contributed by atoms with Crippen molar-refractivity contribution < 1.29 is 22.7 Å². The molecular formula is C26H28BrNO5S. The first-order valence-electron chi connectivity index (χ1n) is 10.9. The molecule has 0 aliphatic carbocycles. The van der Waals surface area contributed by atoms with E-state index in [4.69, 9.17) is 9.47 Å². The highest BCUT2D eigenvalue weighted by Gasteiger charge is 2.31. The average molecular weight is 546 g/mol. The molecule has 0 bridgehead atoms. The monoisotopic (exact) mass is 545 g/mol. The number of sulfonamides is 1.